The fraction of sp³-hybridized carbons (Fsp3) is 0.250. The van der Waals surface area contributed by atoms with E-state index in [0.717, 1.165) is 18.4 Å². The van der Waals surface area contributed by atoms with E-state index < -0.39 is 21.8 Å². The zero-order chi connectivity index (χ0) is 10.8. The molecule has 0 saturated heterocycles. The summed E-state index contributed by atoms with van der Waals surface area (Å²) in [5.74, 6) is -1.53. The Hall–Kier alpha value is -1.01. The van der Waals surface area contributed by atoms with E-state index in [0.29, 0.717) is 6.07 Å². The highest BCUT2D eigenvalue weighted by atomic mass is 32.2. The molecular weight excluding hydrogens is 214 g/mol. The number of halogens is 2. The summed E-state index contributed by atoms with van der Waals surface area (Å²) in [5.41, 5.74) is 0.132. The molecule has 0 saturated carbocycles. The first-order valence-electron chi connectivity index (χ1n) is 3.66. The van der Waals surface area contributed by atoms with Crippen molar-refractivity contribution in [2.75, 3.05) is 6.26 Å². The van der Waals surface area contributed by atoms with Gasteiger partial charge < -0.3 is 0 Å². The van der Waals surface area contributed by atoms with E-state index in [1.807, 2.05) is 0 Å². The number of hydrogen-bond acceptors (Lipinski definition) is 3. The quantitative estimate of drug-likeness (QED) is 0.727. The monoisotopic (exact) mass is 222 g/mol. The van der Waals surface area contributed by atoms with Gasteiger partial charge >= 0.3 is 0 Å². The van der Waals surface area contributed by atoms with Crippen LogP contribution in [0, 0.1) is 11.6 Å². The smallest absolute Gasteiger partial charge is 0.264 e. The lowest BCUT2D eigenvalue weighted by atomic mass is 10.2. The van der Waals surface area contributed by atoms with Crippen LogP contribution in [0.15, 0.2) is 18.2 Å². The second kappa shape index (κ2) is 4.02. The van der Waals surface area contributed by atoms with Gasteiger partial charge in [0.25, 0.3) is 10.1 Å². The minimum Gasteiger partial charge on any atom is -0.265 e. The molecule has 0 aliphatic rings. The van der Waals surface area contributed by atoms with Gasteiger partial charge in [0, 0.05) is 6.07 Å². The second-order valence-corrected chi connectivity index (χ2v) is 4.39. The Morgan fingerprint density at radius 3 is 2.14 bits per heavy atom. The minimum atomic E-state index is -3.59. The maximum atomic E-state index is 12.6. The first kappa shape index (κ1) is 11.1. The van der Waals surface area contributed by atoms with Crippen LogP contribution < -0.4 is 0 Å². The highest BCUT2D eigenvalue weighted by Gasteiger charge is 2.05. The maximum Gasteiger partial charge on any atom is 0.264 e. The molecule has 1 rings (SSSR count). The molecule has 0 heterocycles. The Morgan fingerprint density at radius 2 is 1.71 bits per heavy atom. The Balaban J connectivity index is 2.78. The van der Waals surface area contributed by atoms with E-state index in [1.54, 1.807) is 0 Å². The van der Waals surface area contributed by atoms with Crippen molar-refractivity contribution in [3.8, 4) is 0 Å². The van der Waals surface area contributed by atoms with E-state index in [4.69, 9.17) is 0 Å². The van der Waals surface area contributed by atoms with Crippen molar-refractivity contribution in [2.24, 2.45) is 0 Å². The van der Waals surface area contributed by atoms with Gasteiger partial charge in [-0.2, -0.15) is 8.42 Å². The largest absolute Gasteiger partial charge is 0.265 e. The fourth-order valence-corrected chi connectivity index (χ4v) is 1.22. The maximum absolute atomic E-state index is 12.6. The van der Waals surface area contributed by atoms with Crippen LogP contribution in [0.1, 0.15) is 5.56 Å². The number of benzene rings is 1. The molecule has 0 radical (unpaired) electrons. The predicted octanol–water partition coefficient (Wildman–Crippen LogP) is 1.44. The molecule has 0 bridgehead atoms. The van der Waals surface area contributed by atoms with Gasteiger partial charge in [0.15, 0.2) is 0 Å². The van der Waals surface area contributed by atoms with Gasteiger partial charge in [0.1, 0.15) is 11.6 Å². The van der Waals surface area contributed by atoms with Crippen molar-refractivity contribution >= 4 is 10.1 Å². The molecule has 0 atom stereocenters. The summed E-state index contributed by atoms with van der Waals surface area (Å²) < 4.78 is 50.7. The summed E-state index contributed by atoms with van der Waals surface area (Å²) in [6.45, 7) is -0.368. The first-order valence-corrected chi connectivity index (χ1v) is 5.48. The third-order valence-electron chi connectivity index (χ3n) is 1.36. The SMILES string of the molecule is CS(=O)(=O)OCc1cc(F)cc(F)c1. The van der Waals surface area contributed by atoms with Crippen molar-refractivity contribution in [3.63, 3.8) is 0 Å². The molecule has 0 unspecified atom stereocenters. The molecular formula is C8H8F2O3S. The summed E-state index contributed by atoms with van der Waals surface area (Å²) in [6.07, 6.45) is 0.864. The molecule has 14 heavy (non-hydrogen) atoms. The zero-order valence-electron chi connectivity index (χ0n) is 7.33. The van der Waals surface area contributed by atoms with Gasteiger partial charge in [-0.1, -0.05) is 0 Å². The molecule has 78 valence electrons. The summed E-state index contributed by atoms with van der Waals surface area (Å²) in [4.78, 5) is 0. The van der Waals surface area contributed by atoms with Crippen molar-refractivity contribution in [1.82, 2.24) is 0 Å². The van der Waals surface area contributed by atoms with Crippen LogP contribution in [-0.2, 0) is 20.9 Å². The predicted molar refractivity (Wildman–Crippen MR) is 46.0 cm³/mol. The summed E-state index contributed by atoms with van der Waals surface area (Å²) >= 11 is 0. The highest BCUT2D eigenvalue weighted by Crippen LogP contribution is 2.09. The van der Waals surface area contributed by atoms with Crippen LogP contribution in [-0.4, -0.2) is 14.7 Å². The average molecular weight is 222 g/mol. The van der Waals surface area contributed by atoms with Gasteiger partial charge in [-0.05, 0) is 17.7 Å². The molecule has 0 amide bonds. The Kier molecular flexibility index (Phi) is 3.17. The van der Waals surface area contributed by atoms with Crippen molar-refractivity contribution in [1.29, 1.82) is 0 Å². The zero-order valence-corrected chi connectivity index (χ0v) is 8.14. The molecule has 1 aromatic rings. The van der Waals surface area contributed by atoms with E-state index in [-0.39, 0.29) is 12.2 Å². The standard InChI is InChI=1S/C8H8F2O3S/c1-14(11,12)13-5-6-2-7(9)4-8(10)3-6/h2-4H,5H2,1H3. The van der Waals surface area contributed by atoms with Crippen molar-refractivity contribution in [3.05, 3.63) is 35.4 Å². The summed E-state index contributed by atoms with van der Waals surface area (Å²) in [7, 11) is -3.59. The molecule has 3 nitrogen and oxygen atoms in total. The minimum absolute atomic E-state index is 0.132. The van der Waals surface area contributed by atoms with E-state index in [2.05, 4.69) is 4.18 Å². The molecule has 0 aromatic heterocycles. The van der Waals surface area contributed by atoms with Gasteiger partial charge in [0.05, 0.1) is 12.9 Å². The van der Waals surface area contributed by atoms with Gasteiger partial charge in [0.2, 0.25) is 0 Å². The van der Waals surface area contributed by atoms with Crippen LogP contribution in [0.5, 0.6) is 0 Å². The molecule has 1 aromatic carbocycles. The molecule has 0 N–H and O–H groups in total. The van der Waals surface area contributed by atoms with Crippen molar-refractivity contribution < 1.29 is 21.4 Å². The van der Waals surface area contributed by atoms with Crippen molar-refractivity contribution in [2.45, 2.75) is 6.61 Å². The molecule has 6 heteroatoms. The lowest BCUT2D eigenvalue weighted by Crippen LogP contribution is -2.03. The molecule has 0 aliphatic heterocycles. The van der Waals surface area contributed by atoms with Crippen LogP contribution in [0.2, 0.25) is 0 Å². The second-order valence-electron chi connectivity index (χ2n) is 2.74. The first-order chi connectivity index (χ1) is 6.37. The van der Waals surface area contributed by atoms with Gasteiger partial charge in [-0.25, -0.2) is 8.78 Å². The van der Waals surface area contributed by atoms with Gasteiger partial charge in [-0.15, -0.1) is 0 Å². The lowest BCUT2D eigenvalue weighted by Gasteiger charge is -2.01. The topological polar surface area (TPSA) is 43.4 Å². The van der Waals surface area contributed by atoms with Crippen LogP contribution in [0.3, 0.4) is 0 Å². The van der Waals surface area contributed by atoms with E-state index >= 15 is 0 Å². The number of hydrogen-bond donors (Lipinski definition) is 0. The van der Waals surface area contributed by atoms with Gasteiger partial charge in [-0.3, -0.25) is 4.18 Å². The average Bonchev–Trinajstić information content (AvgIpc) is 1.97. The Labute approximate surface area is 80.4 Å². The molecule has 0 aliphatic carbocycles. The number of rotatable bonds is 3. The normalized spacial score (nSPS) is 11.6. The van der Waals surface area contributed by atoms with E-state index in [1.165, 1.54) is 0 Å². The van der Waals surface area contributed by atoms with E-state index in [9.17, 15) is 17.2 Å². The highest BCUT2D eigenvalue weighted by molar-refractivity contribution is 7.85. The Morgan fingerprint density at radius 1 is 1.21 bits per heavy atom. The molecule has 0 fully saturated rings. The summed E-state index contributed by atoms with van der Waals surface area (Å²) in [5, 5.41) is 0. The summed E-state index contributed by atoms with van der Waals surface area (Å²) in [6, 6.07) is 2.71. The van der Waals surface area contributed by atoms with Crippen LogP contribution in [0.4, 0.5) is 8.78 Å². The third kappa shape index (κ3) is 3.80. The fourth-order valence-electron chi connectivity index (χ4n) is 0.869. The molecule has 0 spiro atoms. The third-order valence-corrected chi connectivity index (χ3v) is 1.91. The van der Waals surface area contributed by atoms with Crippen LogP contribution in [0.25, 0.3) is 0 Å². The Bertz CT molecular complexity index is 408. The van der Waals surface area contributed by atoms with Crippen LogP contribution >= 0.6 is 0 Å². The lowest BCUT2D eigenvalue weighted by molar-refractivity contribution is 0.310.